The quantitative estimate of drug-likeness (QED) is 0.931. The van der Waals surface area contributed by atoms with Crippen LogP contribution >= 0.6 is 11.3 Å². The molecule has 1 amide bonds. The summed E-state index contributed by atoms with van der Waals surface area (Å²) in [6.07, 6.45) is 0. The molecular formula is C12H16N4O2S. The summed E-state index contributed by atoms with van der Waals surface area (Å²) in [5.74, 6) is 0.0683. The van der Waals surface area contributed by atoms with Crippen LogP contribution in [0.2, 0.25) is 0 Å². The highest BCUT2D eigenvalue weighted by Crippen LogP contribution is 2.29. The predicted octanol–water partition coefficient (Wildman–Crippen LogP) is 1.88. The van der Waals surface area contributed by atoms with Crippen LogP contribution in [0.4, 0.5) is 5.13 Å². The number of thiazole rings is 1. The molecule has 0 aliphatic carbocycles. The zero-order valence-corrected chi connectivity index (χ0v) is 12.2. The van der Waals surface area contributed by atoms with Crippen LogP contribution in [0.3, 0.4) is 0 Å². The van der Waals surface area contributed by atoms with Crippen LogP contribution in [0.1, 0.15) is 39.3 Å². The van der Waals surface area contributed by atoms with E-state index < -0.39 is 0 Å². The maximum atomic E-state index is 11.8. The Balaban J connectivity index is 2.68. The monoisotopic (exact) mass is 280 g/mol. The van der Waals surface area contributed by atoms with Gasteiger partial charge in [0.1, 0.15) is 10.2 Å². The summed E-state index contributed by atoms with van der Waals surface area (Å²) in [7, 11) is 0. The number of amides is 1. The molecule has 6 nitrogen and oxygen atoms in total. The molecule has 0 spiro atoms. The third-order valence-electron chi connectivity index (χ3n) is 2.82. The van der Waals surface area contributed by atoms with Gasteiger partial charge in [-0.3, -0.25) is 14.5 Å². The smallest absolute Gasteiger partial charge is 0.283 e. The molecule has 0 saturated carbocycles. The molecule has 102 valence electrons. The molecule has 0 aliphatic heterocycles. The molecule has 0 radical (unpaired) electrons. The number of nitrogens with one attached hydrogen (secondary N) is 1. The standard InChI is InChI=1S/C12H16N4O2S/c1-5-16(7(4)17)12-13-9-8(6(2)3)14-15-11(18)10(9)19-12/h6H,5H2,1-4H3,(H,15,18). The molecule has 0 unspecified atom stereocenters. The van der Waals surface area contributed by atoms with Crippen molar-refractivity contribution >= 4 is 32.6 Å². The van der Waals surface area contributed by atoms with Crippen LogP contribution in [-0.4, -0.2) is 27.6 Å². The fourth-order valence-corrected chi connectivity index (χ4v) is 2.93. The van der Waals surface area contributed by atoms with Gasteiger partial charge in [0, 0.05) is 13.5 Å². The zero-order chi connectivity index (χ0) is 14.2. The molecule has 0 saturated heterocycles. The average Bonchev–Trinajstić information content (AvgIpc) is 2.74. The van der Waals surface area contributed by atoms with E-state index in [1.54, 1.807) is 4.90 Å². The van der Waals surface area contributed by atoms with Gasteiger partial charge in [-0.15, -0.1) is 0 Å². The Bertz CT molecular complexity index is 674. The maximum Gasteiger partial charge on any atom is 0.283 e. The first-order valence-electron chi connectivity index (χ1n) is 6.12. The minimum absolute atomic E-state index is 0.0861. The third kappa shape index (κ3) is 2.37. The second kappa shape index (κ2) is 5.08. The molecule has 0 aromatic carbocycles. The van der Waals surface area contributed by atoms with Gasteiger partial charge in [-0.25, -0.2) is 10.1 Å². The van der Waals surface area contributed by atoms with Gasteiger partial charge in [0.2, 0.25) is 5.91 Å². The zero-order valence-electron chi connectivity index (χ0n) is 11.4. The van der Waals surface area contributed by atoms with Gasteiger partial charge in [0.15, 0.2) is 5.13 Å². The summed E-state index contributed by atoms with van der Waals surface area (Å²) in [5.41, 5.74) is 1.08. The SMILES string of the molecule is CCN(C(C)=O)c1nc2c(C(C)C)n[nH]c(=O)c2s1. The molecule has 2 heterocycles. The molecule has 2 rings (SSSR count). The highest BCUT2D eigenvalue weighted by molar-refractivity contribution is 7.22. The first-order valence-corrected chi connectivity index (χ1v) is 6.94. The van der Waals surface area contributed by atoms with Gasteiger partial charge >= 0.3 is 0 Å². The number of hydrogen-bond donors (Lipinski definition) is 1. The molecule has 1 N–H and O–H groups in total. The van der Waals surface area contributed by atoms with Gasteiger partial charge in [0.05, 0.1) is 5.69 Å². The molecule has 2 aromatic heterocycles. The Hall–Kier alpha value is -1.76. The molecule has 2 aromatic rings. The fourth-order valence-electron chi connectivity index (χ4n) is 1.86. The van der Waals surface area contributed by atoms with E-state index in [9.17, 15) is 9.59 Å². The van der Waals surface area contributed by atoms with Crippen molar-refractivity contribution in [3.8, 4) is 0 Å². The second-order valence-corrected chi connectivity index (χ2v) is 5.51. The lowest BCUT2D eigenvalue weighted by atomic mass is 10.1. The number of carbonyl (C=O) groups is 1. The summed E-state index contributed by atoms with van der Waals surface area (Å²) in [4.78, 5) is 29.3. The van der Waals surface area contributed by atoms with Crippen LogP contribution in [0.5, 0.6) is 0 Å². The average molecular weight is 280 g/mol. The Morgan fingerprint density at radius 2 is 2.16 bits per heavy atom. The van der Waals surface area contributed by atoms with Crippen molar-refractivity contribution in [2.24, 2.45) is 0 Å². The van der Waals surface area contributed by atoms with Crippen molar-refractivity contribution in [1.29, 1.82) is 0 Å². The van der Waals surface area contributed by atoms with Crippen LogP contribution in [0, 0.1) is 0 Å². The van der Waals surface area contributed by atoms with E-state index in [4.69, 9.17) is 0 Å². The highest BCUT2D eigenvalue weighted by Gasteiger charge is 2.19. The van der Waals surface area contributed by atoms with Crippen LogP contribution in [0.15, 0.2) is 4.79 Å². The first-order chi connectivity index (χ1) is 8.95. The van der Waals surface area contributed by atoms with Gasteiger partial charge in [-0.2, -0.15) is 5.10 Å². The van der Waals surface area contributed by atoms with Gasteiger partial charge in [0.25, 0.3) is 5.56 Å². The molecule has 0 fully saturated rings. The summed E-state index contributed by atoms with van der Waals surface area (Å²) in [5, 5.41) is 7.08. The lowest BCUT2D eigenvalue weighted by Gasteiger charge is -2.14. The number of fused-ring (bicyclic) bond motifs is 1. The maximum absolute atomic E-state index is 11.8. The lowest BCUT2D eigenvalue weighted by molar-refractivity contribution is -0.116. The van der Waals surface area contributed by atoms with Crippen LogP contribution < -0.4 is 10.5 Å². The molecular weight excluding hydrogens is 264 g/mol. The molecule has 0 aliphatic rings. The number of aromatic amines is 1. The Kier molecular flexibility index (Phi) is 3.66. The lowest BCUT2D eigenvalue weighted by Crippen LogP contribution is -2.27. The molecule has 7 heteroatoms. The number of aromatic nitrogens is 3. The van der Waals surface area contributed by atoms with Crippen molar-refractivity contribution in [2.75, 3.05) is 11.4 Å². The van der Waals surface area contributed by atoms with Gasteiger partial charge in [-0.1, -0.05) is 25.2 Å². The minimum Gasteiger partial charge on any atom is -0.289 e. The van der Waals surface area contributed by atoms with E-state index in [0.717, 1.165) is 5.69 Å². The second-order valence-electron chi connectivity index (χ2n) is 4.53. The summed E-state index contributed by atoms with van der Waals surface area (Å²) >= 11 is 1.23. The van der Waals surface area contributed by atoms with Crippen molar-refractivity contribution in [3.05, 3.63) is 16.0 Å². The van der Waals surface area contributed by atoms with Crippen molar-refractivity contribution < 1.29 is 4.79 Å². The molecule has 0 atom stereocenters. The summed E-state index contributed by atoms with van der Waals surface area (Å²) in [6.45, 7) is 7.86. The van der Waals surface area contributed by atoms with Crippen molar-refractivity contribution in [1.82, 2.24) is 15.2 Å². The van der Waals surface area contributed by atoms with Crippen LogP contribution in [-0.2, 0) is 4.79 Å². The Labute approximate surface area is 114 Å². The minimum atomic E-state index is -0.261. The first kappa shape index (κ1) is 13.7. The van der Waals surface area contributed by atoms with E-state index in [-0.39, 0.29) is 17.4 Å². The summed E-state index contributed by atoms with van der Waals surface area (Å²) < 4.78 is 0.522. The third-order valence-corrected chi connectivity index (χ3v) is 3.89. The van der Waals surface area contributed by atoms with E-state index in [1.165, 1.54) is 18.3 Å². The van der Waals surface area contributed by atoms with E-state index in [1.807, 2.05) is 20.8 Å². The predicted molar refractivity (Wildman–Crippen MR) is 75.8 cm³/mol. The number of rotatable bonds is 3. The van der Waals surface area contributed by atoms with Crippen molar-refractivity contribution in [2.45, 2.75) is 33.6 Å². The van der Waals surface area contributed by atoms with Gasteiger partial charge in [-0.05, 0) is 12.8 Å². The largest absolute Gasteiger partial charge is 0.289 e. The molecule has 0 bridgehead atoms. The normalized spacial score (nSPS) is 11.2. The fraction of sp³-hybridized carbons (Fsp3) is 0.500. The van der Waals surface area contributed by atoms with E-state index in [0.29, 0.717) is 21.9 Å². The Morgan fingerprint density at radius 1 is 1.47 bits per heavy atom. The Morgan fingerprint density at radius 3 is 2.68 bits per heavy atom. The number of nitrogens with zero attached hydrogens (tertiary/aromatic N) is 3. The van der Waals surface area contributed by atoms with Crippen LogP contribution in [0.25, 0.3) is 10.2 Å². The molecule has 19 heavy (non-hydrogen) atoms. The highest BCUT2D eigenvalue weighted by atomic mass is 32.1. The number of H-pyrrole nitrogens is 1. The number of hydrogen-bond acceptors (Lipinski definition) is 5. The summed E-state index contributed by atoms with van der Waals surface area (Å²) in [6, 6.07) is 0. The van der Waals surface area contributed by atoms with E-state index in [2.05, 4.69) is 15.2 Å². The number of carbonyl (C=O) groups excluding carboxylic acids is 1. The van der Waals surface area contributed by atoms with Crippen molar-refractivity contribution in [3.63, 3.8) is 0 Å². The van der Waals surface area contributed by atoms with E-state index >= 15 is 0 Å². The van der Waals surface area contributed by atoms with Gasteiger partial charge < -0.3 is 0 Å². The number of anilines is 1. The topological polar surface area (TPSA) is 79.0 Å².